The molecule has 2 aromatic carbocycles. The number of sulfonamides is 1. The number of piperazine rings is 1. The Morgan fingerprint density at radius 3 is 2.20 bits per heavy atom. The molecule has 0 atom stereocenters. The van der Waals surface area contributed by atoms with Crippen molar-refractivity contribution in [3.8, 4) is 0 Å². The number of nitrogens with one attached hydrogen (secondary N) is 1. The van der Waals surface area contributed by atoms with Crippen molar-refractivity contribution in [1.29, 1.82) is 0 Å². The third kappa shape index (κ3) is 4.58. The number of aromatic nitrogens is 2. The molecule has 9 heteroatoms. The van der Waals surface area contributed by atoms with Gasteiger partial charge in [-0.3, -0.25) is 0 Å². The molecule has 0 radical (unpaired) electrons. The van der Waals surface area contributed by atoms with Crippen LogP contribution in [0, 0.1) is 5.82 Å². The molecule has 0 spiro atoms. The van der Waals surface area contributed by atoms with Gasteiger partial charge in [-0.05, 0) is 42.0 Å². The zero-order chi connectivity index (χ0) is 21.0. The number of halogens is 1. The van der Waals surface area contributed by atoms with Crippen LogP contribution in [-0.4, -0.2) is 49.1 Å². The van der Waals surface area contributed by atoms with Crippen LogP contribution in [0.1, 0.15) is 5.56 Å². The number of hydrogen-bond acceptors (Lipinski definition) is 6. The van der Waals surface area contributed by atoms with Crippen molar-refractivity contribution in [2.24, 2.45) is 0 Å². The van der Waals surface area contributed by atoms with Gasteiger partial charge in [-0.2, -0.15) is 4.31 Å². The first-order valence-corrected chi connectivity index (χ1v) is 11.1. The Hall–Kier alpha value is -3.04. The Labute approximate surface area is 175 Å². The SMILES string of the molecule is O=S(=O)(c1ccc(F)cc1)N1CCN(c2ccc(NCc3ccccc3)nn2)CC1. The van der Waals surface area contributed by atoms with E-state index in [1.165, 1.54) is 16.4 Å². The number of anilines is 2. The molecule has 0 bridgehead atoms. The van der Waals surface area contributed by atoms with E-state index in [9.17, 15) is 12.8 Å². The number of benzene rings is 2. The fourth-order valence-electron chi connectivity index (χ4n) is 3.29. The predicted octanol–water partition coefficient (Wildman–Crippen LogP) is 2.74. The summed E-state index contributed by atoms with van der Waals surface area (Å²) >= 11 is 0. The lowest BCUT2D eigenvalue weighted by Gasteiger charge is -2.34. The predicted molar refractivity (Wildman–Crippen MR) is 113 cm³/mol. The minimum absolute atomic E-state index is 0.103. The molecule has 30 heavy (non-hydrogen) atoms. The van der Waals surface area contributed by atoms with Crippen molar-refractivity contribution in [2.75, 3.05) is 36.4 Å². The van der Waals surface area contributed by atoms with E-state index in [0.29, 0.717) is 44.4 Å². The zero-order valence-corrected chi connectivity index (χ0v) is 17.1. The van der Waals surface area contributed by atoms with Gasteiger partial charge < -0.3 is 10.2 Å². The van der Waals surface area contributed by atoms with Gasteiger partial charge in [0.15, 0.2) is 5.82 Å². The molecule has 3 aromatic rings. The second-order valence-electron chi connectivity index (χ2n) is 6.96. The van der Waals surface area contributed by atoms with Crippen LogP contribution < -0.4 is 10.2 Å². The molecule has 2 heterocycles. The average Bonchev–Trinajstić information content (AvgIpc) is 2.79. The summed E-state index contributed by atoms with van der Waals surface area (Å²) in [5.41, 5.74) is 1.15. The molecule has 1 aliphatic rings. The summed E-state index contributed by atoms with van der Waals surface area (Å²) in [6.07, 6.45) is 0. The summed E-state index contributed by atoms with van der Waals surface area (Å²) in [6, 6.07) is 18.7. The number of nitrogens with zero attached hydrogens (tertiary/aromatic N) is 4. The number of hydrogen-bond donors (Lipinski definition) is 1. The monoisotopic (exact) mass is 427 g/mol. The maximum atomic E-state index is 13.1. The van der Waals surface area contributed by atoms with E-state index in [-0.39, 0.29) is 4.90 Å². The molecule has 1 saturated heterocycles. The first kappa shape index (κ1) is 20.2. The van der Waals surface area contributed by atoms with Gasteiger partial charge in [0.2, 0.25) is 10.0 Å². The highest BCUT2D eigenvalue weighted by Crippen LogP contribution is 2.20. The summed E-state index contributed by atoms with van der Waals surface area (Å²) in [5, 5.41) is 11.7. The van der Waals surface area contributed by atoms with E-state index in [2.05, 4.69) is 15.5 Å². The molecular weight excluding hydrogens is 405 g/mol. The normalized spacial score (nSPS) is 15.2. The third-order valence-corrected chi connectivity index (χ3v) is 6.89. The maximum Gasteiger partial charge on any atom is 0.243 e. The Kier molecular flexibility index (Phi) is 5.91. The van der Waals surface area contributed by atoms with E-state index in [1.807, 2.05) is 47.4 Å². The first-order valence-electron chi connectivity index (χ1n) is 9.64. The Morgan fingerprint density at radius 2 is 1.57 bits per heavy atom. The van der Waals surface area contributed by atoms with Gasteiger partial charge in [-0.25, -0.2) is 12.8 Å². The number of rotatable bonds is 6. The molecule has 156 valence electrons. The third-order valence-electron chi connectivity index (χ3n) is 4.98. The molecule has 1 aliphatic heterocycles. The maximum absolute atomic E-state index is 13.1. The van der Waals surface area contributed by atoms with Crippen molar-refractivity contribution in [3.63, 3.8) is 0 Å². The van der Waals surface area contributed by atoms with Crippen LogP contribution in [0.2, 0.25) is 0 Å². The summed E-state index contributed by atoms with van der Waals surface area (Å²) in [5.74, 6) is 0.929. The van der Waals surface area contributed by atoms with Crippen molar-refractivity contribution < 1.29 is 12.8 Å². The van der Waals surface area contributed by atoms with Crippen LogP contribution in [0.25, 0.3) is 0 Å². The minimum Gasteiger partial charge on any atom is -0.365 e. The smallest absolute Gasteiger partial charge is 0.243 e. The van der Waals surface area contributed by atoms with E-state index < -0.39 is 15.8 Å². The highest BCUT2D eigenvalue weighted by molar-refractivity contribution is 7.89. The fourth-order valence-corrected chi connectivity index (χ4v) is 4.71. The largest absolute Gasteiger partial charge is 0.365 e. The van der Waals surface area contributed by atoms with Gasteiger partial charge in [0.25, 0.3) is 0 Å². The van der Waals surface area contributed by atoms with Crippen molar-refractivity contribution in [2.45, 2.75) is 11.4 Å². The molecule has 0 saturated carbocycles. The lowest BCUT2D eigenvalue weighted by atomic mass is 10.2. The van der Waals surface area contributed by atoms with Crippen LogP contribution in [0.3, 0.4) is 0 Å². The molecule has 0 unspecified atom stereocenters. The van der Waals surface area contributed by atoms with Crippen LogP contribution in [-0.2, 0) is 16.6 Å². The van der Waals surface area contributed by atoms with Gasteiger partial charge in [0, 0.05) is 32.7 Å². The molecule has 7 nitrogen and oxygen atoms in total. The first-order chi connectivity index (χ1) is 14.5. The Balaban J connectivity index is 1.34. The average molecular weight is 428 g/mol. The second kappa shape index (κ2) is 8.76. The van der Waals surface area contributed by atoms with Crippen LogP contribution in [0.4, 0.5) is 16.0 Å². The molecule has 1 aromatic heterocycles. The fraction of sp³-hybridized carbons (Fsp3) is 0.238. The standard InChI is InChI=1S/C21H22FN5O2S/c22-18-6-8-19(9-7-18)30(28,29)27-14-12-26(13-15-27)21-11-10-20(24-25-21)23-16-17-4-2-1-3-5-17/h1-11H,12-16H2,(H,23,24). The van der Waals surface area contributed by atoms with E-state index in [4.69, 9.17) is 0 Å². The molecular formula is C21H22FN5O2S. The summed E-state index contributed by atoms with van der Waals surface area (Å²) < 4.78 is 40.0. The second-order valence-corrected chi connectivity index (χ2v) is 8.90. The van der Waals surface area contributed by atoms with Crippen molar-refractivity contribution in [1.82, 2.24) is 14.5 Å². The molecule has 0 aliphatic carbocycles. The van der Waals surface area contributed by atoms with E-state index >= 15 is 0 Å². The summed E-state index contributed by atoms with van der Waals surface area (Å²) in [7, 11) is -3.63. The van der Waals surface area contributed by atoms with Gasteiger partial charge in [-0.15, -0.1) is 10.2 Å². The summed E-state index contributed by atoms with van der Waals surface area (Å²) in [6.45, 7) is 2.33. The lowest BCUT2D eigenvalue weighted by molar-refractivity contribution is 0.383. The van der Waals surface area contributed by atoms with Crippen molar-refractivity contribution >= 4 is 21.7 Å². The molecule has 4 rings (SSSR count). The zero-order valence-electron chi connectivity index (χ0n) is 16.3. The minimum atomic E-state index is -3.63. The van der Waals surface area contributed by atoms with Crippen LogP contribution in [0.5, 0.6) is 0 Å². The molecule has 0 amide bonds. The van der Waals surface area contributed by atoms with E-state index in [0.717, 1.165) is 17.7 Å². The summed E-state index contributed by atoms with van der Waals surface area (Å²) in [4.78, 5) is 2.11. The van der Waals surface area contributed by atoms with Crippen LogP contribution in [0.15, 0.2) is 71.6 Å². The lowest BCUT2D eigenvalue weighted by Crippen LogP contribution is -2.49. The molecule has 1 fully saturated rings. The van der Waals surface area contributed by atoms with Crippen molar-refractivity contribution in [3.05, 3.63) is 78.1 Å². The van der Waals surface area contributed by atoms with Crippen LogP contribution >= 0.6 is 0 Å². The highest BCUT2D eigenvalue weighted by atomic mass is 32.2. The quantitative estimate of drug-likeness (QED) is 0.652. The topological polar surface area (TPSA) is 78.4 Å². The highest BCUT2D eigenvalue weighted by Gasteiger charge is 2.29. The van der Waals surface area contributed by atoms with E-state index in [1.54, 1.807) is 0 Å². The van der Waals surface area contributed by atoms with Gasteiger partial charge in [-0.1, -0.05) is 30.3 Å². The Bertz CT molecular complexity index is 1070. The van der Waals surface area contributed by atoms with Gasteiger partial charge in [0.1, 0.15) is 11.6 Å². The molecule has 1 N–H and O–H groups in total. The van der Waals surface area contributed by atoms with Gasteiger partial charge >= 0.3 is 0 Å². The van der Waals surface area contributed by atoms with Gasteiger partial charge in [0.05, 0.1) is 4.90 Å². The Morgan fingerprint density at radius 1 is 0.867 bits per heavy atom.